The van der Waals surface area contributed by atoms with Crippen molar-refractivity contribution >= 4 is 0 Å². The topological polar surface area (TPSA) is 15.3 Å². The van der Waals surface area contributed by atoms with Crippen LogP contribution in [0.15, 0.2) is 0 Å². The molecular formula is C17H34N2. The Morgan fingerprint density at radius 3 is 2.42 bits per heavy atom. The van der Waals surface area contributed by atoms with Crippen LogP contribution in [-0.4, -0.2) is 36.6 Å². The average Bonchev–Trinajstić information content (AvgIpc) is 2.87. The lowest BCUT2D eigenvalue weighted by atomic mass is 9.83. The van der Waals surface area contributed by atoms with Gasteiger partial charge in [0, 0.05) is 18.1 Å². The standard InChI is InChI=1S/C17H34N2/c1-4-11-17(12-6-13-18-17)14-19(3)16-9-7-15(5-2)8-10-16/h15-16,18H,4-14H2,1-3H3. The molecule has 112 valence electrons. The van der Waals surface area contributed by atoms with Gasteiger partial charge in [0.15, 0.2) is 0 Å². The Morgan fingerprint density at radius 2 is 1.89 bits per heavy atom. The zero-order chi connectivity index (χ0) is 13.7. The van der Waals surface area contributed by atoms with Crippen molar-refractivity contribution in [2.24, 2.45) is 5.92 Å². The van der Waals surface area contributed by atoms with Gasteiger partial charge in [0.05, 0.1) is 0 Å². The maximum atomic E-state index is 3.82. The highest BCUT2D eigenvalue weighted by Gasteiger charge is 2.35. The minimum Gasteiger partial charge on any atom is -0.310 e. The highest BCUT2D eigenvalue weighted by atomic mass is 15.2. The summed E-state index contributed by atoms with van der Waals surface area (Å²) >= 11 is 0. The van der Waals surface area contributed by atoms with Crippen LogP contribution in [0.3, 0.4) is 0 Å². The molecule has 1 aliphatic carbocycles. The molecule has 1 unspecified atom stereocenters. The smallest absolute Gasteiger partial charge is 0.0309 e. The van der Waals surface area contributed by atoms with Gasteiger partial charge in [-0.25, -0.2) is 0 Å². The van der Waals surface area contributed by atoms with Gasteiger partial charge in [0.1, 0.15) is 0 Å². The van der Waals surface area contributed by atoms with Gasteiger partial charge in [0.25, 0.3) is 0 Å². The second-order valence-corrected chi connectivity index (χ2v) is 7.06. The molecule has 2 aliphatic rings. The van der Waals surface area contributed by atoms with E-state index in [0.717, 1.165) is 12.0 Å². The van der Waals surface area contributed by atoms with Crippen LogP contribution in [0.5, 0.6) is 0 Å². The number of likely N-dealkylation sites (N-methyl/N-ethyl adjacent to an activating group) is 1. The van der Waals surface area contributed by atoms with Gasteiger partial charge in [0.2, 0.25) is 0 Å². The Hall–Kier alpha value is -0.0800. The second-order valence-electron chi connectivity index (χ2n) is 7.06. The first kappa shape index (κ1) is 15.3. The Balaban J connectivity index is 1.84. The van der Waals surface area contributed by atoms with E-state index < -0.39 is 0 Å². The van der Waals surface area contributed by atoms with E-state index in [1.807, 2.05) is 0 Å². The van der Waals surface area contributed by atoms with Gasteiger partial charge in [-0.1, -0.05) is 26.7 Å². The number of nitrogens with zero attached hydrogens (tertiary/aromatic N) is 1. The molecule has 19 heavy (non-hydrogen) atoms. The number of rotatable bonds is 6. The Kier molecular flexibility index (Phi) is 5.70. The first-order valence-electron chi connectivity index (χ1n) is 8.64. The van der Waals surface area contributed by atoms with E-state index in [-0.39, 0.29) is 0 Å². The van der Waals surface area contributed by atoms with Crippen molar-refractivity contribution in [1.29, 1.82) is 0 Å². The van der Waals surface area contributed by atoms with Crippen LogP contribution >= 0.6 is 0 Å². The van der Waals surface area contributed by atoms with E-state index in [4.69, 9.17) is 0 Å². The quantitative estimate of drug-likeness (QED) is 0.786. The fraction of sp³-hybridized carbons (Fsp3) is 1.00. The van der Waals surface area contributed by atoms with Crippen molar-refractivity contribution < 1.29 is 0 Å². The van der Waals surface area contributed by atoms with E-state index in [0.29, 0.717) is 5.54 Å². The van der Waals surface area contributed by atoms with Crippen molar-refractivity contribution in [3.8, 4) is 0 Å². The summed E-state index contributed by atoms with van der Waals surface area (Å²) in [6, 6.07) is 0.846. The predicted octanol–water partition coefficient (Wildman–Crippen LogP) is 3.81. The molecule has 2 nitrogen and oxygen atoms in total. The van der Waals surface area contributed by atoms with Crippen molar-refractivity contribution in [1.82, 2.24) is 10.2 Å². The maximum Gasteiger partial charge on any atom is 0.0309 e. The summed E-state index contributed by atoms with van der Waals surface area (Å²) in [5.74, 6) is 1.01. The monoisotopic (exact) mass is 266 g/mol. The lowest BCUT2D eigenvalue weighted by molar-refractivity contribution is 0.122. The van der Waals surface area contributed by atoms with Crippen LogP contribution in [0.2, 0.25) is 0 Å². The number of nitrogens with one attached hydrogen (secondary N) is 1. The van der Waals surface area contributed by atoms with Crippen LogP contribution in [0, 0.1) is 5.92 Å². The molecule has 1 N–H and O–H groups in total. The average molecular weight is 266 g/mol. The first-order valence-corrected chi connectivity index (χ1v) is 8.64. The fourth-order valence-electron chi connectivity index (χ4n) is 4.38. The summed E-state index contributed by atoms with van der Waals surface area (Å²) < 4.78 is 0. The molecule has 0 aromatic carbocycles. The van der Waals surface area contributed by atoms with E-state index in [9.17, 15) is 0 Å². The summed E-state index contributed by atoms with van der Waals surface area (Å²) in [6.45, 7) is 7.18. The van der Waals surface area contributed by atoms with Gasteiger partial charge >= 0.3 is 0 Å². The number of hydrogen-bond acceptors (Lipinski definition) is 2. The molecule has 2 rings (SSSR count). The van der Waals surface area contributed by atoms with Crippen molar-refractivity contribution in [2.45, 2.75) is 83.2 Å². The van der Waals surface area contributed by atoms with Crippen LogP contribution in [0.1, 0.15) is 71.6 Å². The zero-order valence-electron chi connectivity index (χ0n) is 13.4. The lowest BCUT2D eigenvalue weighted by Gasteiger charge is -2.40. The Morgan fingerprint density at radius 1 is 1.16 bits per heavy atom. The normalized spacial score (nSPS) is 36.0. The molecule has 0 aromatic rings. The highest BCUT2D eigenvalue weighted by Crippen LogP contribution is 2.31. The van der Waals surface area contributed by atoms with Gasteiger partial charge in [-0.3, -0.25) is 0 Å². The molecule has 1 heterocycles. The van der Waals surface area contributed by atoms with Gasteiger partial charge < -0.3 is 10.2 Å². The zero-order valence-corrected chi connectivity index (χ0v) is 13.4. The fourth-order valence-corrected chi connectivity index (χ4v) is 4.38. The molecular weight excluding hydrogens is 232 g/mol. The van der Waals surface area contributed by atoms with E-state index in [2.05, 4.69) is 31.1 Å². The van der Waals surface area contributed by atoms with Crippen molar-refractivity contribution in [3.63, 3.8) is 0 Å². The summed E-state index contributed by atoms with van der Waals surface area (Å²) in [6.07, 6.45) is 12.6. The molecule has 0 bridgehead atoms. The van der Waals surface area contributed by atoms with Crippen molar-refractivity contribution in [3.05, 3.63) is 0 Å². The predicted molar refractivity (Wildman–Crippen MR) is 83.5 cm³/mol. The third-order valence-corrected chi connectivity index (χ3v) is 5.63. The van der Waals surface area contributed by atoms with Gasteiger partial charge in [-0.15, -0.1) is 0 Å². The summed E-state index contributed by atoms with van der Waals surface area (Å²) in [5, 5.41) is 3.82. The van der Waals surface area contributed by atoms with Crippen LogP contribution in [0.4, 0.5) is 0 Å². The van der Waals surface area contributed by atoms with Gasteiger partial charge in [-0.05, 0) is 64.5 Å². The largest absolute Gasteiger partial charge is 0.310 e. The van der Waals surface area contributed by atoms with E-state index in [1.54, 1.807) is 0 Å². The van der Waals surface area contributed by atoms with Crippen LogP contribution in [0.25, 0.3) is 0 Å². The molecule has 0 aromatic heterocycles. The van der Waals surface area contributed by atoms with Gasteiger partial charge in [-0.2, -0.15) is 0 Å². The molecule has 1 aliphatic heterocycles. The summed E-state index contributed by atoms with van der Waals surface area (Å²) in [7, 11) is 2.37. The molecule has 1 saturated carbocycles. The molecule has 2 fully saturated rings. The highest BCUT2D eigenvalue weighted by molar-refractivity contribution is 4.96. The molecule has 2 heteroatoms. The Bertz CT molecular complexity index is 250. The molecule has 1 saturated heterocycles. The molecule has 0 amide bonds. The summed E-state index contributed by atoms with van der Waals surface area (Å²) in [4.78, 5) is 2.68. The number of hydrogen-bond donors (Lipinski definition) is 1. The molecule has 0 spiro atoms. The van der Waals surface area contributed by atoms with Crippen LogP contribution < -0.4 is 5.32 Å². The minimum atomic E-state index is 0.436. The minimum absolute atomic E-state index is 0.436. The third kappa shape index (κ3) is 3.95. The SMILES string of the molecule is CCCC1(CN(C)C2CCC(CC)CC2)CCCN1. The third-order valence-electron chi connectivity index (χ3n) is 5.63. The second kappa shape index (κ2) is 7.08. The van der Waals surface area contributed by atoms with Crippen LogP contribution in [-0.2, 0) is 0 Å². The summed E-state index contributed by atoms with van der Waals surface area (Å²) in [5.41, 5.74) is 0.436. The van der Waals surface area contributed by atoms with E-state index >= 15 is 0 Å². The first-order chi connectivity index (χ1) is 9.19. The maximum absolute atomic E-state index is 3.82. The Labute approximate surface area is 120 Å². The molecule has 0 radical (unpaired) electrons. The van der Waals surface area contributed by atoms with E-state index in [1.165, 1.54) is 70.9 Å². The lowest BCUT2D eigenvalue weighted by Crippen LogP contribution is -2.51. The van der Waals surface area contributed by atoms with Crippen molar-refractivity contribution in [2.75, 3.05) is 20.1 Å². The molecule has 1 atom stereocenters.